The number of hydrogen-bond acceptors (Lipinski definition) is 5. The Balaban J connectivity index is 2.13. The molecule has 3 aromatic rings. The first-order valence-corrected chi connectivity index (χ1v) is 8.73. The summed E-state index contributed by atoms with van der Waals surface area (Å²) in [6, 6.07) is 6.31. The van der Waals surface area contributed by atoms with Crippen LogP contribution in [0.5, 0.6) is 0 Å². The Bertz CT molecular complexity index is 1030. The Labute approximate surface area is 137 Å². The topological polar surface area (TPSA) is 138 Å². The zero-order chi connectivity index (χ0) is 17.3. The Hall–Kier alpha value is -2.49. The number of rotatable bonds is 6. The molecule has 0 unspecified atom stereocenters. The largest absolute Gasteiger partial charge is 0.396 e. The van der Waals surface area contributed by atoms with Gasteiger partial charge in [0.05, 0.1) is 10.4 Å². The number of primary amides is 1. The number of carbonyl (C=O) groups is 1. The minimum Gasteiger partial charge on any atom is -0.396 e. The van der Waals surface area contributed by atoms with E-state index in [9.17, 15) is 13.2 Å². The van der Waals surface area contributed by atoms with Crippen LogP contribution in [-0.2, 0) is 10.0 Å². The number of aromatic nitrogens is 2. The molecule has 0 aliphatic carbocycles. The van der Waals surface area contributed by atoms with Crippen LogP contribution in [0.15, 0.2) is 35.4 Å². The normalized spacial score (nSPS) is 12.0. The number of aliphatic hydroxyl groups excluding tert-OH is 1. The molecule has 3 rings (SSSR count). The highest BCUT2D eigenvalue weighted by Crippen LogP contribution is 2.28. The van der Waals surface area contributed by atoms with Gasteiger partial charge in [-0.15, -0.1) is 0 Å². The van der Waals surface area contributed by atoms with Crippen molar-refractivity contribution in [1.29, 1.82) is 0 Å². The molecular weight excluding hydrogens is 332 g/mol. The molecular formula is C15H16N4O4S. The molecule has 0 aliphatic rings. The quantitative estimate of drug-likeness (QED) is 0.480. The molecule has 24 heavy (non-hydrogen) atoms. The van der Waals surface area contributed by atoms with Crippen molar-refractivity contribution < 1.29 is 18.3 Å². The van der Waals surface area contributed by atoms with Crippen molar-refractivity contribution in [2.75, 3.05) is 13.2 Å². The summed E-state index contributed by atoms with van der Waals surface area (Å²) < 4.78 is 27.0. The lowest BCUT2D eigenvalue weighted by atomic mass is 10.1. The van der Waals surface area contributed by atoms with Crippen LogP contribution in [0.3, 0.4) is 0 Å². The molecule has 0 bridgehead atoms. The number of pyridine rings is 1. The Morgan fingerprint density at radius 1 is 1.29 bits per heavy atom. The van der Waals surface area contributed by atoms with Crippen LogP contribution in [0.4, 0.5) is 0 Å². The van der Waals surface area contributed by atoms with Gasteiger partial charge >= 0.3 is 0 Å². The van der Waals surface area contributed by atoms with Crippen molar-refractivity contribution in [3.05, 3.63) is 36.2 Å². The van der Waals surface area contributed by atoms with E-state index in [1.54, 1.807) is 12.1 Å². The number of hydrogen-bond donors (Lipinski definition) is 4. The molecule has 0 aliphatic heterocycles. The number of carbonyl (C=O) groups excluding carboxylic acids is 1. The molecule has 9 heteroatoms. The van der Waals surface area contributed by atoms with E-state index in [4.69, 9.17) is 10.8 Å². The number of benzene rings is 1. The van der Waals surface area contributed by atoms with Gasteiger partial charge in [0.1, 0.15) is 0 Å². The summed E-state index contributed by atoms with van der Waals surface area (Å²) in [6.07, 6.45) is 1.79. The highest BCUT2D eigenvalue weighted by atomic mass is 32.2. The van der Waals surface area contributed by atoms with Crippen LogP contribution in [0, 0.1) is 0 Å². The summed E-state index contributed by atoms with van der Waals surface area (Å²) >= 11 is 0. The van der Waals surface area contributed by atoms with Gasteiger partial charge in [-0.3, -0.25) is 4.79 Å². The van der Waals surface area contributed by atoms with Gasteiger partial charge in [0.25, 0.3) is 5.91 Å². The average molecular weight is 348 g/mol. The van der Waals surface area contributed by atoms with Crippen molar-refractivity contribution >= 4 is 37.7 Å². The number of aliphatic hydroxyl groups is 1. The van der Waals surface area contributed by atoms with Gasteiger partial charge in [0.2, 0.25) is 10.0 Å². The lowest BCUT2D eigenvalue weighted by molar-refractivity contribution is 0.0997. The number of fused-ring (bicyclic) bond motifs is 3. The van der Waals surface area contributed by atoms with Gasteiger partial charge < -0.3 is 15.8 Å². The maximum absolute atomic E-state index is 12.3. The third-order valence-corrected chi connectivity index (χ3v) is 5.12. The average Bonchev–Trinajstić information content (AvgIpc) is 2.92. The van der Waals surface area contributed by atoms with E-state index in [0.717, 1.165) is 0 Å². The van der Waals surface area contributed by atoms with Crippen LogP contribution < -0.4 is 10.5 Å². The van der Waals surface area contributed by atoms with Crippen molar-refractivity contribution in [3.63, 3.8) is 0 Å². The molecule has 0 atom stereocenters. The zero-order valence-corrected chi connectivity index (χ0v) is 13.4. The zero-order valence-electron chi connectivity index (χ0n) is 12.6. The predicted octanol–water partition coefficient (Wildman–Crippen LogP) is 0.476. The van der Waals surface area contributed by atoms with Crippen LogP contribution in [0.2, 0.25) is 0 Å². The van der Waals surface area contributed by atoms with Crippen molar-refractivity contribution in [1.82, 2.24) is 14.7 Å². The third-order valence-electron chi connectivity index (χ3n) is 3.66. The van der Waals surface area contributed by atoms with Crippen LogP contribution in [0.1, 0.15) is 16.9 Å². The molecule has 0 fully saturated rings. The van der Waals surface area contributed by atoms with Crippen molar-refractivity contribution in [3.8, 4) is 0 Å². The monoisotopic (exact) mass is 348 g/mol. The standard InChI is InChI=1S/C15H16N4O4S/c16-15(21)14-13-10(4-6-17-14)11-8-9(2-3-12(11)19-13)24(22,23)18-5-1-7-20/h2-4,6,8,18-20H,1,5,7H2,(H2,16,21). The van der Waals surface area contributed by atoms with Gasteiger partial charge in [-0.05, 0) is 30.7 Å². The SMILES string of the molecule is NC(=O)c1nccc2c1[nH]c1ccc(S(=O)(=O)NCCCO)cc12. The van der Waals surface area contributed by atoms with E-state index in [1.165, 1.54) is 18.3 Å². The summed E-state index contributed by atoms with van der Waals surface area (Å²) in [7, 11) is -3.68. The molecule has 2 aromatic heterocycles. The Kier molecular flexibility index (Phi) is 4.22. The third kappa shape index (κ3) is 2.84. The molecule has 1 amide bonds. The molecule has 0 saturated heterocycles. The summed E-state index contributed by atoms with van der Waals surface area (Å²) in [5.41, 5.74) is 6.58. The number of nitrogens with one attached hydrogen (secondary N) is 2. The number of sulfonamides is 1. The van der Waals surface area contributed by atoms with Gasteiger partial charge in [-0.2, -0.15) is 0 Å². The van der Waals surface area contributed by atoms with E-state index in [2.05, 4.69) is 14.7 Å². The maximum Gasteiger partial charge on any atom is 0.269 e. The van der Waals surface area contributed by atoms with E-state index < -0.39 is 15.9 Å². The van der Waals surface area contributed by atoms with Crippen molar-refractivity contribution in [2.45, 2.75) is 11.3 Å². The van der Waals surface area contributed by atoms with E-state index in [-0.39, 0.29) is 23.7 Å². The smallest absolute Gasteiger partial charge is 0.269 e. The number of amides is 1. The molecule has 8 nitrogen and oxygen atoms in total. The second kappa shape index (κ2) is 6.19. The second-order valence-corrected chi connectivity index (χ2v) is 7.02. The first-order valence-electron chi connectivity index (χ1n) is 7.25. The fraction of sp³-hybridized carbons (Fsp3) is 0.200. The summed E-state index contributed by atoms with van der Waals surface area (Å²) in [4.78, 5) is 18.6. The fourth-order valence-corrected chi connectivity index (χ4v) is 3.63. The molecule has 2 heterocycles. The van der Waals surface area contributed by atoms with E-state index in [0.29, 0.717) is 28.2 Å². The first kappa shape index (κ1) is 16.4. The van der Waals surface area contributed by atoms with Gasteiger partial charge in [0, 0.05) is 35.6 Å². The highest BCUT2D eigenvalue weighted by Gasteiger charge is 2.17. The van der Waals surface area contributed by atoms with E-state index >= 15 is 0 Å². The second-order valence-electron chi connectivity index (χ2n) is 5.25. The predicted molar refractivity (Wildman–Crippen MR) is 89.0 cm³/mol. The summed E-state index contributed by atoms with van der Waals surface area (Å²) in [6.45, 7) is 0.0629. The lowest BCUT2D eigenvalue weighted by Gasteiger charge is -2.06. The molecule has 0 saturated carbocycles. The van der Waals surface area contributed by atoms with Crippen LogP contribution >= 0.6 is 0 Å². The molecule has 126 valence electrons. The molecule has 1 aromatic carbocycles. The van der Waals surface area contributed by atoms with Gasteiger partial charge in [-0.25, -0.2) is 18.1 Å². The summed E-state index contributed by atoms with van der Waals surface area (Å²) in [5.74, 6) is -0.661. The minimum atomic E-state index is -3.68. The number of H-pyrrole nitrogens is 1. The molecule has 5 N–H and O–H groups in total. The molecule has 0 spiro atoms. The molecule has 0 radical (unpaired) electrons. The van der Waals surface area contributed by atoms with Gasteiger partial charge in [0.15, 0.2) is 5.69 Å². The Morgan fingerprint density at radius 2 is 2.08 bits per heavy atom. The lowest BCUT2D eigenvalue weighted by Crippen LogP contribution is -2.25. The van der Waals surface area contributed by atoms with Crippen LogP contribution in [-0.4, -0.2) is 42.6 Å². The number of nitrogens with zero attached hydrogens (tertiary/aromatic N) is 1. The number of nitrogens with two attached hydrogens (primary N) is 1. The minimum absolute atomic E-state index is 0.0904. The summed E-state index contributed by atoms with van der Waals surface area (Å²) in [5, 5.41) is 10.1. The van der Waals surface area contributed by atoms with E-state index in [1.807, 2.05) is 0 Å². The fourth-order valence-electron chi connectivity index (χ4n) is 2.53. The van der Waals surface area contributed by atoms with Crippen molar-refractivity contribution in [2.24, 2.45) is 5.73 Å². The van der Waals surface area contributed by atoms with Gasteiger partial charge in [-0.1, -0.05) is 0 Å². The Morgan fingerprint density at radius 3 is 2.79 bits per heavy atom. The van der Waals surface area contributed by atoms with Crippen LogP contribution in [0.25, 0.3) is 21.8 Å². The maximum atomic E-state index is 12.3. The number of aromatic amines is 1. The first-order chi connectivity index (χ1) is 11.4. The highest BCUT2D eigenvalue weighted by molar-refractivity contribution is 7.89.